The van der Waals surface area contributed by atoms with Crippen LogP contribution < -0.4 is 5.32 Å². The van der Waals surface area contributed by atoms with Gasteiger partial charge in [-0.3, -0.25) is 9.69 Å². The topological polar surface area (TPSA) is 32.3 Å². The highest BCUT2D eigenvalue weighted by Gasteiger charge is 2.18. The van der Waals surface area contributed by atoms with E-state index >= 15 is 0 Å². The molecular formula is C16H23BrN2O. The van der Waals surface area contributed by atoms with Gasteiger partial charge in [-0.1, -0.05) is 18.1 Å². The smallest absolute Gasteiger partial charge is 0.252 e. The maximum atomic E-state index is 12.2. The predicted molar refractivity (Wildman–Crippen MR) is 86.1 cm³/mol. The average molecular weight is 339 g/mol. The van der Waals surface area contributed by atoms with E-state index in [1.807, 2.05) is 25.1 Å². The summed E-state index contributed by atoms with van der Waals surface area (Å²) >= 11 is 3.44. The Hall–Kier alpha value is -0.870. The zero-order valence-corrected chi connectivity index (χ0v) is 13.9. The maximum Gasteiger partial charge on any atom is 0.252 e. The first-order valence-corrected chi connectivity index (χ1v) is 8.15. The largest absolute Gasteiger partial charge is 0.350 e. The molecule has 1 heterocycles. The average Bonchev–Trinajstić information content (AvgIpc) is 2.47. The van der Waals surface area contributed by atoms with Crippen molar-refractivity contribution >= 4 is 21.8 Å². The minimum atomic E-state index is 0.00411. The number of carbonyl (C=O) groups is 1. The quantitative estimate of drug-likeness (QED) is 0.912. The summed E-state index contributed by atoms with van der Waals surface area (Å²) in [5, 5.41) is 3.05. The summed E-state index contributed by atoms with van der Waals surface area (Å²) in [6.07, 6.45) is 3.90. The standard InChI is InChI=1S/C16H23BrN2O/c1-12-6-7-15(17)14(10-12)16(20)18-11-13(2)19-8-4-3-5-9-19/h6-7,10,13H,3-5,8-9,11H2,1-2H3,(H,18,20). The molecule has 3 nitrogen and oxygen atoms in total. The van der Waals surface area contributed by atoms with E-state index in [1.54, 1.807) is 0 Å². The van der Waals surface area contributed by atoms with Gasteiger partial charge in [-0.05, 0) is 67.8 Å². The number of aryl methyl sites for hydroxylation is 1. The predicted octanol–water partition coefficient (Wildman–Crippen LogP) is 3.36. The molecule has 20 heavy (non-hydrogen) atoms. The second-order valence-electron chi connectivity index (χ2n) is 5.64. The molecule has 1 aromatic rings. The van der Waals surface area contributed by atoms with Gasteiger partial charge in [-0.25, -0.2) is 0 Å². The molecule has 0 aromatic heterocycles. The second-order valence-corrected chi connectivity index (χ2v) is 6.49. The van der Waals surface area contributed by atoms with E-state index in [4.69, 9.17) is 0 Å². The van der Waals surface area contributed by atoms with Gasteiger partial charge in [0, 0.05) is 17.1 Å². The minimum Gasteiger partial charge on any atom is -0.350 e. The Morgan fingerprint density at radius 2 is 2.05 bits per heavy atom. The summed E-state index contributed by atoms with van der Waals surface area (Å²) < 4.78 is 0.853. The summed E-state index contributed by atoms with van der Waals surface area (Å²) in [6.45, 7) is 7.21. The number of hydrogen-bond acceptors (Lipinski definition) is 2. The first-order chi connectivity index (χ1) is 9.58. The molecule has 0 radical (unpaired) electrons. The van der Waals surface area contributed by atoms with Crippen molar-refractivity contribution in [3.05, 3.63) is 33.8 Å². The van der Waals surface area contributed by atoms with Crippen LogP contribution in [0, 0.1) is 6.92 Å². The van der Waals surface area contributed by atoms with Gasteiger partial charge in [-0.15, -0.1) is 0 Å². The Morgan fingerprint density at radius 3 is 2.75 bits per heavy atom. The van der Waals surface area contributed by atoms with Crippen LogP contribution in [0.3, 0.4) is 0 Å². The number of amides is 1. The van der Waals surface area contributed by atoms with Crippen LogP contribution in [0.4, 0.5) is 0 Å². The third-order valence-electron chi connectivity index (χ3n) is 3.94. The van der Waals surface area contributed by atoms with E-state index in [2.05, 4.69) is 33.1 Å². The highest BCUT2D eigenvalue weighted by atomic mass is 79.9. The third kappa shape index (κ3) is 4.06. The van der Waals surface area contributed by atoms with Gasteiger partial charge in [0.1, 0.15) is 0 Å². The van der Waals surface area contributed by atoms with Crippen LogP contribution in [-0.4, -0.2) is 36.5 Å². The molecule has 1 unspecified atom stereocenters. The molecule has 0 aliphatic carbocycles. The van der Waals surface area contributed by atoms with Crippen molar-refractivity contribution in [3.63, 3.8) is 0 Å². The lowest BCUT2D eigenvalue weighted by Crippen LogP contribution is -2.44. The van der Waals surface area contributed by atoms with Gasteiger partial charge >= 0.3 is 0 Å². The molecule has 1 amide bonds. The van der Waals surface area contributed by atoms with Crippen molar-refractivity contribution in [2.75, 3.05) is 19.6 Å². The van der Waals surface area contributed by atoms with Crippen LogP contribution in [-0.2, 0) is 0 Å². The number of likely N-dealkylation sites (tertiary alicyclic amines) is 1. The molecule has 1 atom stereocenters. The van der Waals surface area contributed by atoms with E-state index in [0.29, 0.717) is 12.6 Å². The Balaban J connectivity index is 1.89. The summed E-state index contributed by atoms with van der Waals surface area (Å²) in [5.74, 6) is 0.00411. The molecule has 1 aliphatic heterocycles. The van der Waals surface area contributed by atoms with E-state index in [9.17, 15) is 4.79 Å². The number of nitrogens with zero attached hydrogens (tertiary/aromatic N) is 1. The lowest BCUT2D eigenvalue weighted by molar-refractivity contribution is 0.0929. The minimum absolute atomic E-state index is 0.00411. The first-order valence-electron chi connectivity index (χ1n) is 7.36. The van der Waals surface area contributed by atoms with Crippen LogP contribution in [0.2, 0.25) is 0 Å². The van der Waals surface area contributed by atoms with Crippen LogP contribution >= 0.6 is 15.9 Å². The number of piperidine rings is 1. The highest BCUT2D eigenvalue weighted by Crippen LogP contribution is 2.18. The van der Waals surface area contributed by atoms with Crippen molar-refractivity contribution in [2.24, 2.45) is 0 Å². The number of nitrogens with one attached hydrogen (secondary N) is 1. The van der Waals surface area contributed by atoms with Gasteiger partial charge in [-0.2, -0.15) is 0 Å². The zero-order valence-electron chi connectivity index (χ0n) is 12.3. The summed E-state index contributed by atoms with van der Waals surface area (Å²) in [5.41, 5.74) is 1.82. The molecule has 1 aliphatic rings. The monoisotopic (exact) mass is 338 g/mol. The Labute approximate surface area is 129 Å². The SMILES string of the molecule is Cc1ccc(Br)c(C(=O)NCC(C)N2CCCCC2)c1. The molecule has 0 bridgehead atoms. The number of hydrogen-bond donors (Lipinski definition) is 1. The molecule has 110 valence electrons. The van der Waals surface area contributed by atoms with Gasteiger partial charge in [0.25, 0.3) is 5.91 Å². The van der Waals surface area contributed by atoms with Crippen molar-refractivity contribution in [3.8, 4) is 0 Å². The normalized spacial score (nSPS) is 17.8. The fraction of sp³-hybridized carbons (Fsp3) is 0.562. The molecule has 1 fully saturated rings. The molecule has 1 saturated heterocycles. The van der Waals surface area contributed by atoms with E-state index in [-0.39, 0.29) is 5.91 Å². The molecule has 4 heteroatoms. The van der Waals surface area contributed by atoms with E-state index < -0.39 is 0 Å². The zero-order chi connectivity index (χ0) is 14.5. The highest BCUT2D eigenvalue weighted by molar-refractivity contribution is 9.10. The van der Waals surface area contributed by atoms with E-state index in [1.165, 1.54) is 19.3 Å². The fourth-order valence-corrected chi connectivity index (χ4v) is 3.06. The van der Waals surface area contributed by atoms with Crippen molar-refractivity contribution in [1.29, 1.82) is 0 Å². The van der Waals surface area contributed by atoms with Gasteiger partial charge in [0.2, 0.25) is 0 Å². The molecule has 2 rings (SSSR count). The van der Waals surface area contributed by atoms with Crippen molar-refractivity contribution in [1.82, 2.24) is 10.2 Å². The Kier molecular flexibility index (Phi) is 5.61. The lowest BCUT2D eigenvalue weighted by atomic mass is 10.1. The Morgan fingerprint density at radius 1 is 1.35 bits per heavy atom. The van der Waals surface area contributed by atoms with Crippen molar-refractivity contribution in [2.45, 2.75) is 39.2 Å². The Bertz CT molecular complexity index is 470. The van der Waals surface area contributed by atoms with Crippen LogP contribution in [0.15, 0.2) is 22.7 Å². The number of benzene rings is 1. The van der Waals surface area contributed by atoms with Crippen LogP contribution in [0.1, 0.15) is 42.1 Å². The van der Waals surface area contributed by atoms with Crippen LogP contribution in [0.5, 0.6) is 0 Å². The fourth-order valence-electron chi connectivity index (χ4n) is 2.64. The number of rotatable bonds is 4. The molecule has 1 N–H and O–H groups in total. The summed E-state index contributed by atoms with van der Waals surface area (Å²) in [6, 6.07) is 6.25. The maximum absolute atomic E-state index is 12.2. The third-order valence-corrected chi connectivity index (χ3v) is 4.63. The lowest BCUT2D eigenvalue weighted by Gasteiger charge is -2.32. The van der Waals surface area contributed by atoms with Gasteiger partial charge in [0.15, 0.2) is 0 Å². The molecular weight excluding hydrogens is 316 g/mol. The van der Waals surface area contributed by atoms with Crippen molar-refractivity contribution < 1.29 is 4.79 Å². The van der Waals surface area contributed by atoms with Crippen LogP contribution in [0.25, 0.3) is 0 Å². The molecule has 0 saturated carbocycles. The molecule has 1 aromatic carbocycles. The summed E-state index contributed by atoms with van der Waals surface area (Å²) in [7, 11) is 0. The number of halogens is 1. The van der Waals surface area contributed by atoms with E-state index in [0.717, 1.165) is 28.7 Å². The van der Waals surface area contributed by atoms with Gasteiger partial charge < -0.3 is 5.32 Å². The number of carbonyl (C=O) groups excluding carboxylic acids is 1. The first kappa shape index (κ1) is 15.5. The molecule has 0 spiro atoms. The van der Waals surface area contributed by atoms with Gasteiger partial charge in [0.05, 0.1) is 5.56 Å². The summed E-state index contributed by atoms with van der Waals surface area (Å²) in [4.78, 5) is 14.7. The second kappa shape index (κ2) is 7.23.